The molecule has 1 aliphatic heterocycles. The van der Waals surface area contributed by atoms with Crippen LogP contribution in [0.5, 0.6) is 0 Å². The molecule has 0 aromatic heterocycles. The summed E-state index contributed by atoms with van der Waals surface area (Å²) in [7, 11) is 0. The van der Waals surface area contributed by atoms with E-state index in [1.807, 2.05) is 4.90 Å². The lowest BCUT2D eigenvalue weighted by Gasteiger charge is -2.70. The number of ketones is 1. The molecule has 1 aromatic carbocycles. The van der Waals surface area contributed by atoms with Crippen molar-refractivity contribution in [2.24, 2.45) is 56.2 Å². The molecular formula is C44H61NO6. The van der Waals surface area contributed by atoms with E-state index in [2.05, 4.69) is 72.7 Å². The van der Waals surface area contributed by atoms with Crippen molar-refractivity contribution in [2.75, 3.05) is 0 Å². The number of hydrogen-bond donors (Lipinski definition) is 1. The van der Waals surface area contributed by atoms with Crippen LogP contribution in [0.3, 0.4) is 0 Å². The largest absolute Gasteiger partial charge is 0.481 e. The van der Waals surface area contributed by atoms with Crippen LogP contribution >= 0.6 is 0 Å². The average Bonchev–Trinajstić information content (AvgIpc) is 3.61. The smallest absolute Gasteiger partial charge is 0.309 e. The molecule has 1 aromatic rings. The number of carbonyl (C=O) groups is 4. The monoisotopic (exact) mass is 699 g/mol. The van der Waals surface area contributed by atoms with Gasteiger partial charge in [0.2, 0.25) is 5.91 Å². The molecule has 3 unspecified atom stereocenters. The molecule has 7 nitrogen and oxygen atoms in total. The van der Waals surface area contributed by atoms with E-state index in [0.29, 0.717) is 31.3 Å². The topological polar surface area (TPSA) is 101 Å². The lowest BCUT2D eigenvalue weighted by atomic mass is 9.34. The third-order valence-corrected chi connectivity index (χ3v) is 16.3. The summed E-state index contributed by atoms with van der Waals surface area (Å²) in [5.41, 5.74) is 2.89. The number of carboxylic acid groups (broad SMARTS) is 1. The SMILES string of the molecule is CC(C)C1C(=O)C[C@]2(C(=O)N3Cc4ccccc4C3)CC[C@]3(C)C(=C12)CCC1[C@@]2(C)CC[C@H](OC(=O)CC(C)(C)C(=O)O)C(C)(C)C2CC[C@]13C. The maximum Gasteiger partial charge on any atom is 0.309 e. The van der Waals surface area contributed by atoms with E-state index in [-0.39, 0.29) is 57.7 Å². The van der Waals surface area contributed by atoms with Gasteiger partial charge in [-0.1, -0.05) is 78.3 Å². The quantitative estimate of drug-likeness (QED) is 0.235. The van der Waals surface area contributed by atoms with E-state index < -0.39 is 22.8 Å². The third kappa shape index (κ3) is 5.08. The number of fused-ring (bicyclic) bond motifs is 7. The number of ether oxygens (including phenoxy) is 1. The zero-order valence-corrected chi connectivity index (χ0v) is 32.6. The Hall–Kier alpha value is -2.96. The van der Waals surface area contributed by atoms with Gasteiger partial charge in [-0.2, -0.15) is 0 Å². The Morgan fingerprint density at radius 1 is 0.922 bits per heavy atom. The van der Waals surface area contributed by atoms with Gasteiger partial charge < -0.3 is 14.7 Å². The summed E-state index contributed by atoms with van der Waals surface area (Å²) in [4.78, 5) is 55.9. The van der Waals surface area contributed by atoms with Crippen molar-refractivity contribution in [1.29, 1.82) is 0 Å². The van der Waals surface area contributed by atoms with Crippen LogP contribution in [0.4, 0.5) is 0 Å². The van der Waals surface area contributed by atoms with E-state index >= 15 is 0 Å². The lowest BCUT2D eigenvalue weighted by Crippen LogP contribution is -2.64. The van der Waals surface area contributed by atoms with Crippen molar-refractivity contribution in [1.82, 2.24) is 4.90 Å². The number of amides is 1. The minimum Gasteiger partial charge on any atom is -0.481 e. The van der Waals surface area contributed by atoms with Crippen LogP contribution in [-0.4, -0.2) is 39.7 Å². The fourth-order valence-electron chi connectivity index (χ4n) is 13.4. The molecular weight excluding hydrogens is 638 g/mol. The predicted molar refractivity (Wildman–Crippen MR) is 196 cm³/mol. The highest BCUT2D eigenvalue weighted by molar-refractivity contribution is 6.00. The predicted octanol–water partition coefficient (Wildman–Crippen LogP) is 8.92. The number of esters is 1. The fraction of sp³-hybridized carbons (Fsp3) is 0.727. The molecule has 7 rings (SSSR count). The van der Waals surface area contributed by atoms with Gasteiger partial charge >= 0.3 is 11.9 Å². The first-order valence-corrected chi connectivity index (χ1v) is 19.8. The van der Waals surface area contributed by atoms with Crippen LogP contribution in [0, 0.1) is 56.2 Å². The van der Waals surface area contributed by atoms with Gasteiger partial charge in [-0.3, -0.25) is 19.2 Å². The second-order valence-electron chi connectivity index (χ2n) is 19.9. The second kappa shape index (κ2) is 11.8. The molecule has 1 N–H and O–H groups in total. The first-order valence-electron chi connectivity index (χ1n) is 19.8. The molecule has 0 spiro atoms. The number of rotatable bonds is 6. The van der Waals surface area contributed by atoms with Gasteiger partial charge in [0.15, 0.2) is 0 Å². The maximum absolute atomic E-state index is 14.9. The Balaban J connectivity index is 1.21. The van der Waals surface area contributed by atoms with Crippen molar-refractivity contribution < 1.29 is 29.0 Å². The van der Waals surface area contributed by atoms with E-state index in [0.717, 1.165) is 51.4 Å². The summed E-state index contributed by atoms with van der Waals surface area (Å²) >= 11 is 0. The lowest BCUT2D eigenvalue weighted by molar-refractivity contribution is -0.214. The van der Waals surface area contributed by atoms with Gasteiger partial charge in [-0.05, 0) is 116 Å². The van der Waals surface area contributed by atoms with Gasteiger partial charge in [-0.15, -0.1) is 0 Å². The number of aliphatic carboxylic acids is 1. The normalized spacial score (nSPS) is 38.4. The van der Waals surface area contributed by atoms with E-state index in [1.165, 1.54) is 22.3 Å². The standard InChI is InChI=1S/C44H61NO6/c1-26(2)35-30(46)22-44(37(48)45-24-27-12-10-11-13-28(27)25-45)21-20-42(8)29(36(35)44)14-15-32-41(7)18-17-33(51-34(47)23-39(3,4)38(49)50)40(5,6)31(41)16-19-43(32,42)9/h10-13,26,31-33,35H,14-25H2,1-9H3,(H,49,50)/t31?,32?,33-,35?,41-,42+,43+,44+/m0/s1. The number of hydrogen-bond acceptors (Lipinski definition) is 5. The molecule has 8 atom stereocenters. The Bertz CT molecular complexity index is 1680. The highest BCUT2D eigenvalue weighted by atomic mass is 16.5. The first-order chi connectivity index (χ1) is 23.7. The molecule has 7 heteroatoms. The molecule has 5 aliphatic carbocycles. The molecule has 4 fully saturated rings. The van der Waals surface area contributed by atoms with Crippen molar-refractivity contribution >= 4 is 23.6 Å². The Labute approximate surface area is 305 Å². The number of carbonyl (C=O) groups excluding carboxylic acids is 3. The Morgan fingerprint density at radius 3 is 2.18 bits per heavy atom. The molecule has 4 saturated carbocycles. The second-order valence-corrected chi connectivity index (χ2v) is 19.9. The molecule has 0 radical (unpaired) electrons. The molecule has 6 aliphatic rings. The van der Waals surface area contributed by atoms with Crippen molar-refractivity contribution in [2.45, 2.75) is 146 Å². The van der Waals surface area contributed by atoms with E-state index in [9.17, 15) is 24.3 Å². The minimum atomic E-state index is -1.17. The summed E-state index contributed by atoms with van der Waals surface area (Å²) in [5, 5.41) is 9.61. The molecule has 278 valence electrons. The van der Waals surface area contributed by atoms with Crippen LogP contribution in [0.15, 0.2) is 35.4 Å². The van der Waals surface area contributed by atoms with Gasteiger partial charge in [0.05, 0.1) is 17.3 Å². The van der Waals surface area contributed by atoms with Gasteiger partial charge in [0, 0.05) is 30.8 Å². The van der Waals surface area contributed by atoms with Crippen LogP contribution in [0.2, 0.25) is 0 Å². The summed E-state index contributed by atoms with van der Waals surface area (Å²) in [6.45, 7) is 20.8. The summed E-state index contributed by atoms with van der Waals surface area (Å²) in [6, 6.07) is 8.37. The van der Waals surface area contributed by atoms with E-state index in [1.54, 1.807) is 13.8 Å². The van der Waals surface area contributed by atoms with Gasteiger partial charge in [0.25, 0.3) is 0 Å². The molecule has 0 saturated heterocycles. The molecule has 0 bridgehead atoms. The minimum absolute atomic E-state index is 0.0101. The van der Waals surface area contributed by atoms with E-state index in [4.69, 9.17) is 4.74 Å². The molecule has 1 amide bonds. The average molecular weight is 700 g/mol. The zero-order valence-electron chi connectivity index (χ0n) is 32.6. The molecule has 1 heterocycles. The summed E-state index contributed by atoms with van der Waals surface area (Å²) in [6.07, 6.45) is 7.43. The Kier molecular flexibility index (Phi) is 8.40. The van der Waals surface area contributed by atoms with Crippen LogP contribution in [-0.2, 0) is 37.0 Å². The number of Topliss-reactive ketones (excluding diaryl/α,β-unsaturated/α-hetero) is 1. The number of carboxylic acids is 1. The first kappa shape index (κ1) is 36.4. The summed E-state index contributed by atoms with van der Waals surface area (Å²) in [5.74, 6) is -0.218. The highest BCUT2D eigenvalue weighted by Crippen LogP contribution is 2.76. The highest BCUT2D eigenvalue weighted by Gasteiger charge is 2.70. The number of benzene rings is 1. The maximum atomic E-state index is 14.9. The Morgan fingerprint density at radius 2 is 1.57 bits per heavy atom. The van der Waals surface area contributed by atoms with Crippen molar-refractivity contribution in [3.63, 3.8) is 0 Å². The van der Waals surface area contributed by atoms with Gasteiger partial charge in [-0.25, -0.2) is 0 Å². The summed E-state index contributed by atoms with van der Waals surface area (Å²) < 4.78 is 6.16. The number of allylic oxidation sites excluding steroid dienone is 1. The zero-order chi connectivity index (χ0) is 37.1. The van der Waals surface area contributed by atoms with Crippen molar-refractivity contribution in [3.05, 3.63) is 46.5 Å². The molecule has 51 heavy (non-hydrogen) atoms. The van der Waals surface area contributed by atoms with Gasteiger partial charge in [0.1, 0.15) is 11.9 Å². The van der Waals surface area contributed by atoms with Crippen LogP contribution in [0.25, 0.3) is 0 Å². The van der Waals surface area contributed by atoms with Crippen LogP contribution < -0.4 is 0 Å². The fourth-order valence-corrected chi connectivity index (χ4v) is 13.4. The third-order valence-electron chi connectivity index (χ3n) is 16.3. The number of nitrogens with zero attached hydrogens (tertiary/aromatic N) is 1. The van der Waals surface area contributed by atoms with Crippen molar-refractivity contribution in [3.8, 4) is 0 Å². The van der Waals surface area contributed by atoms with Crippen LogP contribution in [0.1, 0.15) is 138 Å².